The number of allylic oxidation sites excluding steroid dienone is 1. The van der Waals surface area contributed by atoms with Crippen LogP contribution >= 0.6 is 0 Å². The summed E-state index contributed by atoms with van der Waals surface area (Å²) < 4.78 is 1.89. The summed E-state index contributed by atoms with van der Waals surface area (Å²) >= 11 is 0. The van der Waals surface area contributed by atoms with Crippen LogP contribution in [-0.2, 0) is 7.05 Å². The molecule has 2 unspecified atom stereocenters. The largest absolute Gasteiger partial charge is 0.382 e. The first-order valence-corrected chi connectivity index (χ1v) is 10.8. The van der Waals surface area contributed by atoms with Gasteiger partial charge in [-0.15, -0.1) is 0 Å². The number of rotatable bonds is 3. The highest BCUT2D eigenvalue weighted by Crippen LogP contribution is 2.36. The van der Waals surface area contributed by atoms with Crippen LogP contribution in [0.5, 0.6) is 0 Å². The predicted octanol–water partition coefficient (Wildman–Crippen LogP) is 2.25. The van der Waals surface area contributed by atoms with Crippen LogP contribution in [0.1, 0.15) is 24.0 Å². The van der Waals surface area contributed by atoms with Crippen LogP contribution in [0.15, 0.2) is 54.3 Å². The van der Waals surface area contributed by atoms with Crippen molar-refractivity contribution in [3.05, 3.63) is 65.4 Å². The van der Waals surface area contributed by atoms with Gasteiger partial charge >= 0.3 is 0 Å². The third-order valence-electron chi connectivity index (χ3n) is 6.73. The minimum absolute atomic E-state index is 0.484. The Morgan fingerprint density at radius 1 is 1.17 bits per heavy atom. The van der Waals surface area contributed by atoms with Gasteiger partial charge in [-0.2, -0.15) is 5.10 Å². The van der Waals surface area contributed by atoms with Crippen LogP contribution in [0.25, 0.3) is 5.70 Å². The highest BCUT2D eigenvalue weighted by molar-refractivity contribution is 5.70. The van der Waals surface area contributed by atoms with Gasteiger partial charge in [0.05, 0.1) is 23.3 Å². The van der Waals surface area contributed by atoms with E-state index in [1.165, 1.54) is 29.7 Å². The molecule has 3 aliphatic rings. The summed E-state index contributed by atoms with van der Waals surface area (Å²) in [6.07, 6.45) is 8.77. The minimum atomic E-state index is 0.484. The van der Waals surface area contributed by atoms with E-state index in [-0.39, 0.29) is 0 Å². The highest BCUT2D eigenvalue weighted by Gasteiger charge is 2.37. The van der Waals surface area contributed by atoms with E-state index in [9.17, 15) is 0 Å². The molecular weight excluding hydrogens is 374 g/mol. The summed E-state index contributed by atoms with van der Waals surface area (Å²) in [7, 11) is 3.98. The van der Waals surface area contributed by atoms with Crippen molar-refractivity contribution in [1.82, 2.24) is 25.1 Å². The van der Waals surface area contributed by atoms with Crippen molar-refractivity contribution in [3.63, 3.8) is 0 Å². The standard InChI is InChI=1S/C23H31N7/c1-16-6-4-5-7-20(16)21-11-22(23(24)28(3)26-21)29-9-8-17-10-18(15-29)30(13-17)19-12-25-27(2)14-19/h4-7,11-12,14,17-18,26H,8-10,13,15,24H2,1-3H3. The Morgan fingerprint density at radius 3 is 2.77 bits per heavy atom. The van der Waals surface area contributed by atoms with Crippen LogP contribution in [0.4, 0.5) is 5.69 Å². The Bertz CT molecular complexity index is 1000. The van der Waals surface area contributed by atoms with Crippen molar-refractivity contribution in [2.75, 3.05) is 31.6 Å². The lowest BCUT2D eigenvalue weighted by Crippen LogP contribution is -2.46. The first-order chi connectivity index (χ1) is 14.5. The van der Waals surface area contributed by atoms with E-state index in [1.54, 1.807) is 0 Å². The number of nitrogens with one attached hydrogen (secondary N) is 1. The highest BCUT2D eigenvalue weighted by atomic mass is 15.5. The summed E-state index contributed by atoms with van der Waals surface area (Å²) in [6.45, 7) is 5.30. The number of nitrogens with two attached hydrogens (primary N) is 1. The molecule has 1 aromatic heterocycles. The number of fused-ring (bicyclic) bond motifs is 2. The fourth-order valence-corrected chi connectivity index (χ4v) is 5.09. The maximum Gasteiger partial charge on any atom is 0.141 e. The number of aryl methyl sites for hydroxylation is 2. The fourth-order valence-electron chi connectivity index (χ4n) is 5.09. The lowest BCUT2D eigenvalue weighted by molar-refractivity contribution is 0.286. The molecule has 0 amide bonds. The zero-order chi connectivity index (χ0) is 20.8. The Hall–Kier alpha value is -3.09. The van der Waals surface area contributed by atoms with Gasteiger partial charge in [0.15, 0.2) is 0 Å². The molecule has 0 saturated carbocycles. The topological polar surface area (TPSA) is 65.6 Å². The minimum Gasteiger partial charge on any atom is -0.382 e. The molecule has 2 bridgehead atoms. The monoisotopic (exact) mass is 405 g/mol. The molecule has 3 aliphatic heterocycles. The Balaban J connectivity index is 1.45. The molecule has 0 spiro atoms. The molecule has 5 rings (SSSR count). The molecule has 2 saturated heterocycles. The summed E-state index contributed by atoms with van der Waals surface area (Å²) in [5.74, 6) is 1.50. The summed E-state index contributed by atoms with van der Waals surface area (Å²) in [5.41, 5.74) is 15.9. The Morgan fingerprint density at radius 2 is 2.00 bits per heavy atom. The van der Waals surface area contributed by atoms with Crippen LogP contribution in [0.2, 0.25) is 0 Å². The molecule has 3 N–H and O–H groups in total. The van der Waals surface area contributed by atoms with E-state index in [4.69, 9.17) is 5.73 Å². The zero-order valence-electron chi connectivity index (χ0n) is 18.0. The van der Waals surface area contributed by atoms with Crippen molar-refractivity contribution < 1.29 is 0 Å². The van der Waals surface area contributed by atoms with E-state index >= 15 is 0 Å². The lowest BCUT2D eigenvalue weighted by atomic mass is 10.0. The van der Waals surface area contributed by atoms with Gasteiger partial charge in [0, 0.05) is 51.5 Å². The van der Waals surface area contributed by atoms with Crippen LogP contribution in [0, 0.1) is 12.8 Å². The fraction of sp³-hybridized carbons (Fsp3) is 0.435. The second-order valence-corrected chi connectivity index (χ2v) is 8.83. The molecule has 1 aromatic carbocycles. The number of aromatic nitrogens is 2. The molecule has 30 heavy (non-hydrogen) atoms. The molecule has 2 fully saturated rings. The van der Waals surface area contributed by atoms with Crippen molar-refractivity contribution in [2.45, 2.75) is 25.8 Å². The van der Waals surface area contributed by atoms with Crippen molar-refractivity contribution in [3.8, 4) is 0 Å². The average Bonchev–Trinajstić information content (AvgIpc) is 3.26. The summed E-state index contributed by atoms with van der Waals surface area (Å²) in [5, 5.41) is 6.33. The third kappa shape index (κ3) is 3.28. The summed E-state index contributed by atoms with van der Waals surface area (Å²) in [6, 6.07) is 8.96. The average molecular weight is 406 g/mol. The second-order valence-electron chi connectivity index (χ2n) is 8.83. The number of nitrogens with zero attached hydrogens (tertiary/aromatic N) is 5. The van der Waals surface area contributed by atoms with Crippen LogP contribution in [-0.4, -0.2) is 52.4 Å². The van der Waals surface area contributed by atoms with E-state index in [0.717, 1.165) is 42.8 Å². The molecule has 0 aliphatic carbocycles. The van der Waals surface area contributed by atoms with Gasteiger partial charge in [0.2, 0.25) is 0 Å². The molecule has 7 nitrogen and oxygen atoms in total. The molecule has 2 aromatic rings. The molecule has 4 heterocycles. The van der Waals surface area contributed by atoms with E-state index in [2.05, 4.69) is 63.8 Å². The van der Waals surface area contributed by atoms with Gasteiger partial charge < -0.3 is 15.5 Å². The maximum atomic E-state index is 6.56. The quantitative estimate of drug-likeness (QED) is 0.817. The smallest absolute Gasteiger partial charge is 0.141 e. The van der Waals surface area contributed by atoms with Crippen LogP contribution < -0.4 is 16.1 Å². The van der Waals surface area contributed by atoms with Gasteiger partial charge in [-0.1, -0.05) is 24.3 Å². The Labute approximate surface area is 178 Å². The van der Waals surface area contributed by atoms with Gasteiger partial charge in [0.1, 0.15) is 5.82 Å². The Kier molecular flexibility index (Phi) is 4.60. The second kappa shape index (κ2) is 7.31. The van der Waals surface area contributed by atoms with Crippen LogP contribution in [0.3, 0.4) is 0 Å². The van der Waals surface area contributed by atoms with Crippen molar-refractivity contribution >= 4 is 11.4 Å². The lowest BCUT2D eigenvalue weighted by Gasteiger charge is -2.38. The number of hydrogen-bond acceptors (Lipinski definition) is 6. The molecule has 158 valence electrons. The zero-order valence-corrected chi connectivity index (χ0v) is 18.0. The number of likely N-dealkylation sites (tertiary alicyclic amines) is 1. The van der Waals surface area contributed by atoms with Gasteiger partial charge in [0.25, 0.3) is 0 Å². The van der Waals surface area contributed by atoms with Crippen molar-refractivity contribution in [1.29, 1.82) is 0 Å². The normalized spacial score (nSPS) is 24.1. The first-order valence-electron chi connectivity index (χ1n) is 10.8. The molecular formula is C23H31N7. The third-order valence-corrected chi connectivity index (χ3v) is 6.73. The van der Waals surface area contributed by atoms with Gasteiger partial charge in [-0.3, -0.25) is 15.1 Å². The van der Waals surface area contributed by atoms with Gasteiger partial charge in [-0.25, -0.2) is 0 Å². The van der Waals surface area contributed by atoms with E-state index in [0.29, 0.717) is 6.04 Å². The van der Waals surface area contributed by atoms with Crippen molar-refractivity contribution in [2.24, 2.45) is 18.7 Å². The van der Waals surface area contributed by atoms with E-state index < -0.39 is 0 Å². The SMILES string of the molecule is Cc1ccccc1C1=CC(N2CCC3CC(C2)N(c2cnn(C)c2)C3)=C(N)N(C)N1. The van der Waals surface area contributed by atoms with Gasteiger partial charge in [-0.05, 0) is 37.3 Å². The molecule has 0 radical (unpaired) electrons. The summed E-state index contributed by atoms with van der Waals surface area (Å²) in [4.78, 5) is 5.02. The number of hydrogen-bond donors (Lipinski definition) is 2. The number of benzene rings is 1. The number of anilines is 1. The predicted molar refractivity (Wildman–Crippen MR) is 120 cm³/mol. The maximum absolute atomic E-state index is 6.56. The van der Waals surface area contributed by atoms with E-state index in [1.807, 2.05) is 30.0 Å². The molecule has 2 atom stereocenters. The molecule has 7 heteroatoms. The number of hydrazine groups is 1. The first kappa shape index (κ1) is 18.9.